The van der Waals surface area contributed by atoms with Gasteiger partial charge in [0.1, 0.15) is 25.5 Å². The van der Waals surface area contributed by atoms with Crippen LogP contribution in [-0.2, 0) is 17.9 Å². The van der Waals surface area contributed by atoms with E-state index < -0.39 is 6.09 Å². The van der Waals surface area contributed by atoms with E-state index in [1.54, 1.807) is 29.1 Å². The van der Waals surface area contributed by atoms with Crippen LogP contribution in [0.15, 0.2) is 35.4 Å². The SMILES string of the molecule is COc1ncc2ccc(=O)n(CCN3CCC(NC(=O)OCc4cc5c(cn4)OCCO5)CC3)c2n1. The first-order chi connectivity index (χ1) is 17.6. The standard InChI is InChI=1S/C24H28N6O6/c1-33-23-26-13-16-2-3-21(31)30(22(16)28-23)9-8-29-6-4-17(5-7-29)27-24(32)36-15-18-12-19-20(14-25-18)35-11-10-34-19/h2-3,12-14,17H,4-11,15H2,1H3,(H,27,32). The number of amides is 1. The van der Waals surface area contributed by atoms with Gasteiger partial charge in [0.15, 0.2) is 11.5 Å². The van der Waals surface area contributed by atoms with Crippen LogP contribution in [-0.4, -0.2) is 76.5 Å². The van der Waals surface area contributed by atoms with Crippen molar-refractivity contribution in [3.05, 3.63) is 46.6 Å². The molecule has 0 radical (unpaired) electrons. The molecule has 1 amide bonds. The van der Waals surface area contributed by atoms with E-state index in [9.17, 15) is 9.59 Å². The third kappa shape index (κ3) is 5.48. The Morgan fingerprint density at radius 1 is 1.11 bits per heavy atom. The summed E-state index contributed by atoms with van der Waals surface area (Å²) in [5, 5.41) is 3.71. The van der Waals surface area contributed by atoms with Gasteiger partial charge >= 0.3 is 12.1 Å². The Hall–Kier alpha value is -3.93. The van der Waals surface area contributed by atoms with Crippen LogP contribution in [0.2, 0.25) is 0 Å². The van der Waals surface area contributed by atoms with Crippen LogP contribution >= 0.6 is 0 Å². The Labute approximate surface area is 207 Å². The summed E-state index contributed by atoms with van der Waals surface area (Å²) < 4.78 is 23.1. The fraction of sp³-hybridized carbons (Fsp3) is 0.458. The molecule has 190 valence electrons. The third-order valence-electron chi connectivity index (χ3n) is 6.27. The lowest BCUT2D eigenvalue weighted by atomic mass is 10.1. The van der Waals surface area contributed by atoms with Crippen molar-refractivity contribution in [3.63, 3.8) is 0 Å². The number of methoxy groups -OCH3 is 1. The minimum atomic E-state index is -0.471. The van der Waals surface area contributed by atoms with E-state index >= 15 is 0 Å². The number of fused-ring (bicyclic) bond motifs is 2. The van der Waals surface area contributed by atoms with Crippen molar-refractivity contribution in [2.24, 2.45) is 0 Å². The van der Waals surface area contributed by atoms with Crippen molar-refractivity contribution in [3.8, 4) is 17.5 Å². The summed E-state index contributed by atoms with van der Waals surface area (Å²) in [5.41, 5.74) is 1.03. The molecular weight excluding hydrogens is 468 g/mol. The second kappa shape index (κ2) is 10.8. The Kier molecular flexibility index (Phi) is 7.12. The summed E-state index contributed by atoms with van der Waals surface area (Å²) in [5.74, 6) is 1.21. The highest BCUT2D eigenvalue weighted by molar-refractivity contribution is 5.74. The molecule has 3 aromatic heterocycles. The highest BCUT2D eigenvalue weighted by atomic mass is 16.6. The van der Waals surface area contributed by atoms with Crippen LogP contribution in [0.25, 0.3) is 11.0 Å². The van der Waals surface area contributed by atoms with Gasteiger partial charge in [-0.2, -0.15) is 4.98 Å². The average molecular weight is 497 g/mol. The lowest BCUT2D eigenvalue weighted by molar-refractivity contribution is 0.124. The summed E-state index contributed by atoms with van der Waals surface area (Å²) in [6.45, 7) is 3.82. The molecule has 2 aliphatic rings. The third-order valence-corrected chi connectivity index (χ3v) is 6.27. The summed E-state index contributed by atoms with van der Waals surface area (Å²) in [6.07, 6.45) is 4.34. The van der Waals surface area contributed by atoms with Crippen molar-refractivity contribution >= 4 is 17.1 Å². The first-order valence-electron chi connectivity index (χ1n) is 11.9. The largest absolute Gasteiger partial charge is 0.486 e. The average Bonchev–Trinajstić information content (AvgIpc) is 2.91. The molecule has 36 heavy (non-hydrogen) atoms. The molecule has 5 heterocycles. The van der Waals surface area contributed by atoms with Gasteiger partial charge in [0, 0.05) is 55.9 Å². The number of aromatic nitrogens is 4. The number of ether oxygens (including phenoxy) is 4. The van der Waals surface area contributed by atoms with E-state index in [2.05, 4.69) is 25.2 Å². The second-order valence-electron chi connectivity index (χ2n) is 8.61. The summed E-state index contributed by atoms with van der Waals surface area (Å²) >= 11 is 0. The molecule has 0 aromatic carbocycles. The first-order valence-corrected chi connectivity index (χ1v) is 11.9. The molecule has 1 fully saturated rings. The van der Waals surface area contributed by atoms with E-state index in [1.165, 1.54) is 13.2 Å². The van der Waals surface area contributed by atoms with Crippen LogP contribution in [0.5, 0.6) is 17.5 Å². The number of rotatable bonds is 7. The Morgan fingerprint density at radius 3 is 2.72 bits per heavy atom. The Morgan fingerprint density at radius 2 is 1.92 bits per heavy atom. The van der Waals surface area contributed by atoms with Crippen molar-refractivity contribution in [2.75, 3.05) is 40.0 Å². The van der Waals surface area contributed by atoms with Gasteiger partial charge in [0.2, 0.25) is 0 Å². The predicted molar refractivity (Wildman–Crippen MR) is 128 cm³/mol. The monoisotopic (exact) mass is 496 g/mol. The van der Waals surface area contributed by atoms with Crippen LogP contribution in [0.1, 0.15) is 18.5 Å². The molecule has 1 N–H and O–H groups in total. The maximum Gasteiger partial charge on any atom is 0.407 e. The highest BCUT2D eigenvalue weighted by Crippen LogP contribution is 2.29. The molecule has 0 bridgehead atoms. The molecule has 0 atom stereocenters. The van der Waals surface area contributed by atoms with Crippen LogP contribution < -0.4 is 25.1 Å². The number of pyridine rings is 2. The predicted octanol–water partition coefficient (Wildman–Crippen LogP) is 1.36. The number of likely N-dealkylation sites (tertiary alicyclic amines) is 1. The summed E-state index contributed by atoms with van der Waals surface area (Å²) in [6, 6.07) is 5.22. The molecule has 1 saturated heterocycles. The van der Waals surface area contributed by atoms with Gasteiger partial charge < -0.3 is 29.2 Å². The lowest BCUT2D eigenvalue weighted by Crippen LogP contribution is -2.45. The summed E-state index contributed by atoms with van der Waals surface area (Å²) in [7, 11) is 1.50. The van der Waals surface area contributed by atoms with E-state index in [-0.39, 0.29) is 24.2 Å². The molecule has 12 nitrogen and oxygen atoms in total. The number of nitrogens with zero attached hydrogens (tertiary/aromatic N) is 5. The number of piperidine rings is 1. The van der Waals surface area contributed by atoms with Gasteiger partial charge in [-0.25, -0.2) is 9.78 Å². The zero-order valence-corrected chi connectivity index (χ0v) is 20.0. The van der Waals surface area contributed by atoms with Gasteiger partial charge in [-0.1, -0.05) is 0 Å². The maximum atomic E-state index is 12.5. The van der Waals surface area contributed by atoms with Crippen LogP contribution in [0.3, 0.4) is 0 Å². The number of hydrogen-bond donors (Lipinski definition) is 1. The lowest BCUT2D eigenvalue weighted by Gasteiger charge is -2.32. The molecule has 0 spiro atoms. The van der Waals surface area contributed by atoms with Gasteiger partial charge in [-0.15, -0.1) is 0 Å². The number of nitrogens with one attached hydrogen (secondary N) is 1. The number of alkyl carbamates (subject to hydrolysis) is 1. The minimum absolute atomic E-state index is 0.0271. The van der Waals surface area contributed by atoms with E-state index in [1.807, 2.05) is 0 Å². The molecule has 5 rings (SSSR count). The summed E-state index contributed by atoms with van der Waals surface area (Å²) in [4.78, 5) is 39.7. The van der Waals surface area contributed by atoms with Gasteiger partial charge in [0.25, 0.3) is 5.56 Å². The topological polar surface area (TPSA) is 130 Å². The minimum Gasteiger partial charge on any atom is -0.486 e. The van der Waals surface area contributed by atoms with Crippen molar-refractivity contribution in [1.29, 1.82) is 0 Å². The number of carbonyl (C=O) groups excluding carboxylic acids is 1. The molecule has 0 unspecified atom stereocenters. The second-order valence-corrected chi connectivity index (χ2v) is 8.61. The molecular formula is C24H28N6O6. The zero-order valence-electron chi connectivity index (χ0n) is 20.0. The first kappa shape index (κ1) is 23.8. The van der Waals surface area contributed by atoms with Crippen LogP contribution in [0, 0.1) is 0 Å². The Bertz CT molecular complexity index is 1290. The van der Waals surface area contributed by atoms with E-state index in [4.69, 9.17) is 18.9 Å². The molecule has 3 aromatic rings. The fourth-order valence-corrected chi connectivity index (χ4v) is 4.33. The van der Waals surface area contributed by atoms with E-state index in [0.29, 0.717) is 49.1 Å². The van der Waals surface area contributed by atoms with E-state index in [0.717, 1.165) is 31.3 Å². The maximum absolute atomic E-state index is 12.5. The van der Waals surface area contributed by atoms with Gasteiger partial charge in [-0.05, 0) is 18.9 Å². The molecule has 2 aliphatic heterocycles. The quantitative estimate of drug-likeness (QED) is 0.512. The Balaban J connectivity index is 1.08. The van der Waals surface area contributed by atoms with Gasteiger partial charge in [0.05, 0.1) is 19.0 Å². The molecule has 0 saturated carbocycles. The number of carbonyl (C=O) groups is 1. The molecule has 12 heteroatoms. The zero-order chi connectivity index (χ0) is 24.9. The van der Waals surface area contributed by atoms with Crippen molar-refractivity contribution in [1.82, 2.24) is 29.7 Å². The highest BCUT2D eigenvalue weighted by Gasteiger charge is 2.22. The molecule has 0 aliphatic carbocycles. The van der Waals surface area contributed by atoms with Crippen molar-refractivity contribution < 1.29 is 23.7 Å². The number of hydrogen-bond acceptors (Lipinski definition) is 10. The van der Waals surface area contributed by atoms with Crippen LogP contribution in [0.4, 0.5) is 4.79 Å². The van der Waals surface area contributed by atoms with Gasteiger partial charge in [-0.3, -0.25) is 14.3 Å². The van der Waals surface area contributed by atoms with Crippen molar-refractivity contribution in [2.45, 2.75) is 32.0 Å². The normalized spacial score (nSPS) is 16.0. The smallest absolute Gasteiger partial charge is 0.407 e. The fourth-order valence-electron chi connectivity index (χ4n) is 4.33.